The minimum atomic E-state index is -0.390. The molecule has 182 valence electrons. The van der Waals surface area contributed by atoms with Crippen LogP contribution in [0.5, 0.6) is 0 Å². The summed E-state index contributed by atoms with van der Waals surface area (Å²) in [7, 11) is 1.38. The summed E-state index contributed by atoms with van der Waals surface area (Å²) in [6.07, 6.45) is 2.79. The average Bonchev–Trinajstić information content (AvgIpc) is 3.56. The van der Waals surface area contributed by atoms with Crippen LogP contribution in [0.25, 0.3) is 21.5 Å². The number of ether oxygens (including phenoxy) is 1. The van der Waals surface area contributed by atoms with Crippen LogP contribution < -0.4 is 5.32 Å². The maximum atomic E-state index is 12.9. The molecular formula is C25H26N4O3S3. The number of nitrogens with one attached hydrogen (secondary N) is 1. The number of carbonyl (C=O) groups excluding carboxylic acids is 2. The van der Waals surface area contributed by atoms with E-state index in [2.05, 4.69) is 40.0 Å². The van der Waals surface area contributed by atoms with E-state index in [9.17, 15) is 9.59 Å². The van der Waals surface area contributed by atoms with Gasteiger partial charge >= 0.3 is 5.97 Å². The summed E-state index contributed by atoms with van der Waals surface area (Å²) in [6.45, 7) is 4.95. The lowest BCUT2D eigenvalue weighted by atomic mass is 9.88. The van der Waals surface area contributed by atoms with Crippen molar-refractivity contribution in [3.8, 4) is 11.4 Å². The quantitative estimate of drug-likeness (QED) is 0.239. The Morgan fingerprint density at radius 3 is 2.91 bits per heavy atom. The molecule has 1 N–H and O–H groups in total. The van der Waals surface area contributed by atoms with E-state index in [1.807, 2.05) is 23.6 Å². The van der Waals surface area contributed by atoms with Crippen LogP contribution in [-0.2, 0) is 28.9 Å². The number of hydrogen-bond acceptors (Lipinski definition) is 8. The number of thioether (sulfide) groups is 1. The van der Waals surface area contributed by atoms with Gasteiger partial charge in [-0.15, -0.1) is 32.9 Å². The molecule has 5 rings (SSSR count). The topological polar surface area (TPSA) is 86.1 Å². The van der Waals surface area contributed by atoms with Gasteiger partial charge in [-0.3, -0.25) is 4.79 Å². The first kappa shape index (κ1) is 24.0. The van der Waals surface area contributed by atoms with Crippen molar-refractivity contribution < 1.29 is 14.3 Å². The van der Waals surface area contributed by atoms with Crippen molar-refractivity contribution in [3.05, 3.63) is 45.6 Å². The number of anilines is 1. The molecule has 1 aromatic carbocycles. The number of rotatable bonds is 7. The van der Waals surface area contributed by atoms with Crippen LogP contribution in [0, 0.1) is 5.92 Å². The molecule has 35 heavy (non-hydrogen) atoms. The van der Waals surface area contributed by atoms with Gasteiger partial charge in [0.2, 0.25) is 5.91 Å². The number of thiophene rings is 2. The summed E-state index contributed by atoms with van der Waals surface area (Å²) in [5.74, 6) is 0.974. The van der Waals surface area contributed by atoms with Gasteiger partial charge in [0.15, 0.2) is 11.0 Å². The molecule has 4 aromatic rings. The van der Waals surface area contributed by atoms with E-state index in [1.165, 1.54) is 39.8 Å². The maximum absolute atomic E-state index is 12.9. The lowest BCUT2D eigenvalue weighted by Crippen LogP contribution is -2.17. The van der Waals surface area contributed by atoms with Crippen LogP contribution in [0.3, 0.4) is 0 Å². The highest BCUT2D eigenvalue weighted by molar-refractivity contribution is 7.99. The zero-order chi connectivity index (χ0) is 24.5. The van der Waals surface area contributed by atoms with Crippen LogP contribution in [0.15, 0.2) is 34.8 Å². The number of esters is 1. The van der Waals surface area contributed by atoms with Gasteiger partial charge in [-0.05, 0) is 43.7 Å². The van der Waals surface area contributed by atoms with Crippen molar-refractivity contribution in [3.63, 3.8) is 0 Å². The number of aromatic nitrogens is 3. The van der Waals surface area contributed by atoms with E-state index < -0.39 is 5.97 Å². The molecule has 3 aromatic heterocycles. The molecule has 7 nitrogen and oxygen atoms in total. The van der Waals surface area contributed by atoms with Gasteiger partial charge in [0.25, 0.3) is 0 Å². The van der Waals surface area contributed by atoms with E-state index in [0.717, 1.165) is 41.6 Å². The van der Waals surface area contributed by atoms with Crippen molar-refractivity contribution >= 4 is 61.4 Å². The fourth-order valence-electron chi connectivity index (χ4n) is 4.48. The summed E-state index contributed by atoms with van der Waals surface area (Å²) in [6, 6.07) is 8.25. The van der Waals surface area contributed by atoms with Crippen LogP contribution in [-0.4, -0.2) is 39.5 Å². The molecule has 1 unspecified atom stereocenters. The largest absolute Gasteiger partial charge is 0.465 e. The van der Waals surface area contributed by atoms with E-state index >= 15 is 0 Å². The number of amides is 1. The van der Waals surface area contributed by atoms with E-state index in [1.54, 1.807) is 11.3 Å². The highest BCUT2D eigenvalue weighted by Crippen LogP contribution is 2.40. The number of nitrogens with zero attached hydrogens (tertiary/aromatic N) is 3. The highest BCUT2D eigenvalue weighted by Gasteiger charge is 2.29. The smallest absolute Gasteiger partial charge is 0.341 e. The third-order valence-electron chi connectivity index (χ3n) is 6.24. The lowest BCUT2D eigenvalue weighted by Gasteiger charge is -2.18. The maximum Gasteiger partial charge on any atom is 0.341 e. The normalized spacial score (nSPS) is 15.2. The second-order valence-electron chi connectivity index (χ2n) is 8.58. The van der Waals surface area contributed by atoms with E-state index in [4.69, 9.17) is 4.74 Å². The molecule has 3 heterocycles. The lowest BCUT2D eigenvalue weighted by molar-refractivity contribution is -0.113. The molecule has 0 bridgehead atoms. The minimum absolute atomic E-state index is 0.169. The fourth-order valence-corrected chi connectivity index (χ4v) is 7.64. The van der Waals surface area contributed by atoms with Crippen molar-refractivity contribution in [2.24, 2.45) is 5.92 Å². The first-order valence-corrected chi connectivity index (χ1v) is 14.2. The van der Waals surface area contributed by atoms with Gasteiger partial charge < -0.3 is 14.6 Å². The van der Waals surface area contributed by atoms with Gasteiger partial charge in [0.05, 0.1) is 18.4 Å². The first-order valence-electron chi connectivity index (χ1n) is 11.5. The standard InChI is InChI=1S/C25H26N4O3S3/c1-4-29-22(17-12-33-18-8-6-5-7-15(17)18)27-28-25(29)34-13-20(30)26-23-21(24(31)32-3)16-10-9-14(2)11-19(16)35-23/h5-8,12,14H,4,9-11,13H2,1-3H3,(H,26,30). The number of hydrogen-bond donors (Lipinski definition) is 1. The molecule has 0 radical (unpaired) electrons. The monoisotopic (exact) mass is 526 g/mol. The average molecular weight is 527 g/mol. The SMILES string of the molecule is CCn1c(SCC(=O)Nc2sc3c(c2C(=O)OC)CCC(C)C3)nnc1-c1csc2ccccc12. The summed E-state index contributed by atoms with van der Waals surface area (Å²) < 4.78 is 8.27. The highest BCUT2D eigenvalue weighted by atomic mass is 32.2. The second kappa shape index (κ2) is 10.1. The molecular weight excluding hydrogens is 501 g/mol. The summed E-state index contributed by atoms with van der Waals surface area (Å²) in [5, 5.41) is 16.3. The Bertz CT molecular complexity index is 1400. The molecule has 1 amide bonds. The molecule has 0 aliphatic heterocycles. The van der Waals surface area contributed by atoms with Gasteiger partial charge in [0, 0.05) is 32.5 Å². The Morgan fingerprint density at radius 1 is 1.29 bits per heavy atom. The Kier molecular flexibility index (Phi) is 6.95. The predicted molar refractivity (Wildman–Crippen MR) is 143 cm³/mol. The van der Waals surface area contributed by atoms with Crippen molar-refractivity contribution in [2.45, 2.75) is 44.8 Å². The predicted octanol–water partition coefficient (Wildman–Crippen LogP) is 5.88. The summed E-state index contributed by atoms with van der Waals surface area (Å²) in [4.78, 5) is 26.6. The second-order valence-corrected chi connectivity index (χ2v) is 11.5. The Hall–Kier alpha value is -2.69. The number of methoxy groups -OCH3 is 1. The third kappa shape index (κ3) is 4.62. The molecule has 1 aliphatic rings. The van der Waals surface area contributed by atoms with Gasteiger partial charge in [-0.1, -0.05) is 36.9 Å². The van der Waals surface area contributed by atoms with Gasteiger partial charge in [0.1, 0.15) is 5.00 Å². The van der Waals surface area contributed by atoms with Crippen LogP contribution >= 0.6 is 34.4 Å². The molecule has 0 spiro atoms. The third-order valence-corrected chi connectivity index (χ3v) is 9.34. The molecule has 10 heteroatoms. The minimum Gasteiger partial charge on any atom is -0.465 e. The van der Waals surface area contributed by atoms with E-state index in [0.29, 0.717) is 28.2 Å². The summed E-state index contributed by atoms with van der Waals surface area (Å²) >= 11 is 4.53. The molecule has 0 saturated carbocycles. The number of carbonyl (C=O) groups is 2. The molecule has 0 fully saturated rings. The number of fused-ring (bicyclic) bond motifs is 2. The van der Waals surface area contributed by atoms with Crippen LogP contribution in [0.1, 0.15) is 41.1 Å². The Balaban J connectivity index is 1.33. The zero-order valence-electron chi connectivity index (χ0n) is 19.8. The molecule has 0 saturated heterocycles. The first-order chi connectivity index (χ1) is 17.0. The Morgan fingerprint density at radius 2 is 2.11 bits per heavy atom. The number of benzene rings is 1. The van der Waals surface area contributed by atoms with Gasteiger partial charge in [-0.25, -0.2) is 4.79 Å². The summed E-state index contributed by atoms with van der Waals surface area (Å²) in [5.41, 5.74) is 2.60. The zero-order valence-corrected chi connectivity index (χ0v) is 22.2. The van der Waals surface area contributed by atoms with E-state index in [-0.39, 0.29) is 11.7 Å². The fraction of sp³-hybridized carbons (Fsp3) is 0.360. The van der Waals surface area contributed by atoms with Crippen molar-refractivity contribution in [2.75, 3.05) is 18.2 Å². The van der Waals surface area contributed by atoms with Crippen LogP contribution in [0.4, 0.5) is 5.00 Å². The molecule has 1 atom stereocenters. The molecule has 1 aliphatic carbocycles. The van der Waals surface area contributed by atoms with Crippen molar-refractivity contribution in [1.82, 2.24) is 14.8 Å². The Labute approximate surface area is 215 Å². The van der Waals surface area contributed by atoms with Crippen LogP contribution in [0.2, 0.25) is 0 Å². The van der Waals surface area contributed by atoms with Gasteiger partial charge in [-0.2, -0.15) is 0 Å². The van der Waals surface area contributed by atoms with Crippen molar-refractivity contribution in [1.29, 1.82) is 0 Å².